The Labute approximate surface area is 168 Å². The van der Waals surface area contributed by atoms with E-state index in [1.807, 2.05) is 36.4 Å². The second kappa shape index (κ2) is 10.9. The van der Waals surface area contributed by atoms with Gasteiger partial charge in [0.1, 0.15) is 0 Å². The first-order valence-electron chi connectivity index (χ1n) is 8.85. The molecular weight excluding hydrogens is 425 g/mol. The van der Waals surface area contributed by atoms with Gasteiger partial charge in [0.05, 0.1) is 19.3 Å². The van der Waals surface area contributed by atoms with Gasteiger partial charge in [-0.15, -0.1) is 24.0 Å². The highest BCUT2D eigenvalue weighted by Gasteiger charge is 2.24. The Morgan fingerprint density at radius 1 is 1.00 bits per heavy atom. The van der Waals surface area contributed by atoms with Gasteiger partial charge in [0.2, 0.25) is 0 Å². The SMILES string of the molecule is I.OC(Cc1ccccc1)CN1CCC(COCc2ccccc2)C1. The van der Waals surface area contributed by atoms with Crippen LogP contribution in [0.3, 0.4) is 0 Å². The Morgan fingerprint density at radius 3 is 2.32 bits per heavy atom. The molecule has 2 unspecified atom stereocenters. The number of halogens is 1. The quantitative estimate of drug-likeness (QED) is 0.619. The molecule has 1 fully saturated rings. The lowest BCUT2D eigenvalue weighted by atomic mass is 10.1. The van der Waals surface area contributed by atoms with Crippen molar-refractivity contribution in [3.05, 3.63) is 71.8 Å². The van der Waals surface area contributed by atoms with Crippen LogP contribution < -0.4 is 0 Å². The van der Waals surface area contributed by atoms with Gasteiger partial charge in [0, 0.05) is 13.1 Å². The van der Waals surface area contributed by atoms with Crippen LogP contribution >= 0.6 is 24.0 Å². The fourth-order valence-corrected chi connectivity index (χ4v) is 3.38. The van der Waals surface area contributed by atoms with E-state index in [0.717, 1.165) is 39.1 Å². The minimum atomic E-state index is -0.295. The first kappa shape index (κ1) is 20.4. The summed E-state index contributed by atoms with van der Waals surface area (Å²) in [6.45, 7) is 4.34. The molecule has 1 aliphatic heterocycles. The number of hydrogen-bond acceptors (Lipinski definition) is 3. The van der Waals surface area contributed by atoms with Crippen LogP contribution in [0.4, 0.5) is 0 Å². The number of likely N-dealkylation sites (tertiary alicyclic amines) is 1. The maximum absolute atomic E-state index is 10.3. The zero-order chi connectivity index (χ0) is 16.6. The van der Waals surface area contributed by atoms with Crippen molar-refractivity contribution < 1.29 is 9.84 Å². The molecule has 4 heteroatoms. The molecule has 2 aromatic rings. The van der Waals surface area contributed by atoms with Crippen LogP contribution in [0.15, 0.2) is 60.7 Å². The minimum Gasteiger partial charge on any atom is -0.391 e. The summed E-state index contributed by atoms with van der Waals surface area (Å²) >= 11 is 0. The van der Waals surface area contributed by atoms with Crippen LogP contribution in [0.5, 0.6) is 0 Å². The molecular formula is C21H28INO2. The van der Waals surface area contributed by atoms with Crippen molar-refractivity contribution in [3.63, 3.8) is 0 Å². The molecule has 1 aliphatic rings. The number of nitrogens with zero attached hydrogens (tertiary/aromatic N) is 1. The molecule has 0 spiro atoms. The third-order valence-electron chi connectivity index (χ3n) is 4.62. The Balaban J connectivity index is 0.00000225. The Hall–Kier alpha value is -0.950. The largest absolute Gasteiger partial charge is 0.391 e. The predicted molar refractivity (Wildman–Crippen MR) is 112 cm³/mol. The maximum atomic E-state index is 10.3. The summed E-state index contributed by atoms with van der Waals surface area (Å²) in [7, 11) is 0. The molecule has 1 heterocycles. The summed E-state index contributed by atoms with van der Waals surface area (Å²) in [5.74, 6) is 0.581. The molecule has 3 nitrogen and oxygen atoms in total. The Kier molecular flexibility index (Phi) is 8.89. The molecule has 0 bridgehead atoms. The molecule has 1 N–H and O–H groups in total. The van der Waals surface area contributed by atoms with Crippen molar-refractivity contribution in [1.82, 2.24) is 4.90 Å². The number of hydrogen-bond donors (Lipinski definition) is 1. The summed E-state index contributed by atoms with van der Waals surface area (Å²) in [4.78, 5) is 2.37. The summed E-state index contributed by atoms with van der Waals surface area (Å²) < 4.78 is 5.86. The van der Waals surface area contributed by atoms with Gasteiger partial charge in [-0.2, -0.15) is 0 Å². The molecule has 0 saturated carbocycles. The third kappa shape index (κ3) is 7.05. The van der Waals surface area contributed by atoms with E-state index >= 15 is 0 Å². The van der Waals surface area contributed by atoms with Gasteiger partial charge >= 0.3 is 0 Å². The van der Waals surface area contributed by atoms with Crippen LogP contribution in [0.2, 0.25) is 0 Å². The Bertz CT molecular complexity index is 593. The first-order valence-corrected chi connectivity index (χ1v) is 8.85. The summed E-state index contributed by atoms with van der Waals surface area (Å²) in [6.07, 6.45) is 1.59. The maximum Gasteiger partial charge on any atom is 0.0717 e. The fraction of sp³-hybridized carbons (Fsp3) is 0.429. The normalized spacial score (nSPS) is 18.7. The lowest BCUT2D eigenvalue weighted by molar-refractivity contribution is 0.0831. The van der Waals surface area contributed by atoms with Gasteiger partial charge in [-0.1, -0.05) is 60.7 Å². The van der Waals surface area contributed by atoms with E-state index in [4.69, 9.17) is 4.74 Å². The molecule has 0 amide bonds. The van der Waals surface area contributed by atoms with Gasteiger partial charge in [-0.05, 0) is 36.4 Å². The summed E-state index contributed by atoms with van der Waals surface area (Å²) in [6, 6.07) is 20.5. The van der Waals surface area contributed by atoms with Crippen LogP contribution in [-0.2, 0) is 17.8 Å². The number of ether oxygens (including phenoxy) is 1. The van der Waals surface area contributed by atoms with E-state index in [0.29, 0.717) is 12.5 Å². The smallest absolute Gasteiger partial charge is 0.0717 e. The topological polar surface area (TPSA) is 32.7 Å². The number of aliphatic hydroxyl groups is 1. The number of benzene rings is 2. The minimum absolute atomic E-state index is 0. The van der Waals surface area contributed by atoms with Crippen molar-refractivity contribution in [1.29, 1.82) is 0 Å². The van der Waals surface area contributed by atoms with Crippen LogP contribution in [0.1, 0.15) is 17.5 Å². The molecule has 2 aromatic carbocycles. The predicted octanol–water partition coefficient (Wildman–Crippen LogP) is 3.75. The van der Waals surface area contributed by atoms with Gasteiger partial charge in [-0.3, -0.25) is 0 Å². The molecule has 3 rings (SSSR count). The second-order valence-corrected chi connectivity index (χ2v) is 6.76. The monoisotopic (exact) mass is 453 g/mol. The van der Waals surface area contributed by atoms with Gasteiger partial charge in [-0.25, -0.2) is 0 Å². The van der Waals surface area contributed by atoms with Crippen LogP contribution in [0, 0.1) is 5.92 Å². The average Bonchev–Trinajstić information content (AvgIpc) is 3.04. The highest BCUT2D eigenvalue weighted by atomic mass is 127. The number of aliphatic hydroxyl groups excluding tert-OH is 1. The van der Waals surface area contributed by atoms with E-state index in [1.54, 1.807) is 0 Å². The molecule has 136 valence electrons. The Morgan fingerprint density at radius 2 is 1.64 bits per heavy atom. The van der Waals surface area contributed by atoms with E-state index < -0.39 is 0 Å². The highest BCUT2D eigenvalue weighted by Crippen LogP contribution is 2.18. The molecule has 2 atom stereocenters. The third-order valence-corrected chi connectivity index (χ3v) is 4.62. The molecule has 0 aromatic heterocycles. The molecule has 0 aliphatic carbocycles. The van der Waals surface area contributed by atoms with E-state index in [9.17, 15) is 5.11 Å². The summed E-state index contributed by atoms with van der Waals surface area (Å²) in [5.41, 5.74) is 2.43. The van der Waals surface area contributed by atoms with Crippen molar-refractivity contribution in [3.8, 4) is 0 Å². The average molecular weight is 453 g/mol. The van der Waals surface area contributed by atoms with Crippen molar-refractivity contribution >= 4 is 24.0 Å². The number of β-amino-alcohol motifs (C(OH)–C–C–N with tert-alkyl or cyclic N) is 1. The second-order valence-electron chi connectivity index (χ2n) is 6.76. The zero-order valence-corrected chi connectivity index (χ0v) is 16.9. The fourth-order valence-electron chi connectivity index (χ4n) is 3.38. The zero-order valence-electron chi connectivity index (χ0n) is 14.6. The van der Waals surface area contributed by atoms with Crippen LogP contribution in [0.25, 0.3) is 0 Å². The lowest BCUT2D eigenvalue weighted by Crippen LogP contribution is -2.32. The molecule has 25 heavy (non-hydrogen) atoms. The van der Waals surface area contributed by atoms with Crippen molar-refractivity contribution in [2.75, 3.05) is 26.2 Å². The van der Waals surface area contributed by atoms with Crippen LogP contribution in [-0.4, -0.2) is 42.4 Å². The van der Waals surface area contributed by atoms with Crippen molar-refractivity contribution in [2.45, 2.75) is 25.6 Å². The number of rotatable bonds is 8. The standard InChI is InChI=1S/C21H27NO2.HI/c23-21(13-18-7-3-1-4-8-18)15-22-12-11-20(14-22)17-24-16-19-9-5-2-6-10-19;/h1-10,20-21,23H,11-17H2;1H. The first-order chi connectivity index (χ1) is 11.8. The van der Waals surface area contributed by atoms with Gasteiger partial charge < -0.3 is 14.7 Å². The van der Waals surface area contributed by atoms with E-state index in [1.165, 1.54) is 11.1 Å². The molecule has 0 radical (unpaired) electrons. The molecule has 1 saturated heterocycles. The highest BCUT2D eigenvalue weighted by molar-refractivity contribution is 14.0. The summed E-state index contributed by atoms with van der Waals surface area (Å²) in [5, 5.41) is 10.3. The lowest BCUT2D eigenvalue weighted by Gasteiger charge is -2.20. The van der Waals surface area contributed by atoms with Crippen molar-refractivity contribution in [2.24, 2.45) is 5.92 Å². The van der Waals surface area contributed by atoms with Gasteiger partial charge in [0.15, 0.2) is 0 Å². The van der Waals surface area contributed by atoms with E-state index in [-0.39, 0.29) is 30.1 Å². The van der Waals surface area contributed by atoms with Gasteiger partial charge in [0.25, 0.3) is 0 Å². The van der Waals surface area contributed by atoms with E-state index in [2.05, 4.69) is 29.2 Å².